The number of nitrogens with zero attached hydrogens (tertiary/aromatic N) is 4. The van der Waals surface area contributed by atoms with Crippen molar-refractivity contribution >= 4 is 50.7 Å². The van der Waals surface area contributed by atoms with E-state index in [1.54, 1.807) is 28.0 Å². The van der Waals surface area contributed by atoms with Gasteiger partial charge in [-0.1, -0.05) is 48.2 Å². The monoisotopic (exact) mass is 479 g/mol. The number of halogens is 1. The normalized spacial score (nSPS) is 11.3. The summed E-state index contributed by atoms with van der Waals surface area (Å²) in [5.41, 5.74) is 2.46. The predicted molar refractivity (Wildman–Crippen MR) is 129 cm³/mol. The first-order valence-corrected chi connectivity index (χ1v) is 12.0. The lowest BCUT2D eigenvalue weighted by Crippen LogP contribution is -2.23. The molecular weight excluding hydrogens is 461 g/mol. The zero-order valence-corrected chi connectivity index (χ0v) is 19.1. The van der Waals surface area contributed by atoms with Gasteiger partial charge in [-0.25, -0.2) is 4.39 Å². The average molecular weight is 480 g/mol. The number of benzene rings is 2. The number of hydrogen-bond acceptors (Lipinski definition) is 6. The highest BCUT2D eigenvalue weighted by Crippen LogP contribution is 2.25. The summed E-state index contributed by atoms with van der Waals surface area (Å²) in [6, 6.07) is 16.1. The summed E-state index contributed by atoms with van der Waals surface area (Å²) in [5, 5.41) is 13.6. The summed E-state index contributed by atoms with van der Waals surface area (Å²) in [6.07, 6.45) is 0. The number of carbonyl (C=O) groups is 1. The van der Waals surface area contributed by atoms with Crippen LogP contribution in [0.4, 0.5) is 10.1 Å². The van der Waals surface area contributed by atoms with Crippen molar-refractivity contribution in [3.05, 3.63) is 87.3 Å². The first-order chi connectivity index (χ1) is 16.0. The first-order valence-electron chi connectivity index (χ1n) is 10.1. The number of thioether (sulfide) groups is 1. The molecule has 0 aliphatic heterocycles. The number of aromatic nitrogens is 4. The first kappa shape index (κ1) is 21.4. The Morgan fingerprint density at radius 2 is 1.97 bits per heavy atom. The molecule has 0 saturated carbocycles. The lowest BCUT2D eigenvalue weighted by molar-refractivity contribution is -0.113. The lowest BCUT2D eigenvalue weighted by Gasteiger charge is -2.09. The molecule has 5 rings (SSSR count). The van der Waals surface area contributed by atoms with Crippen LogP contribution in [0.25, 0.3) is 16.0 Å². The summed E-state index contributed by atoms with van der Waals surface area (Å²) >= 11 is 2.56. The third kappa shape index (κ3) is 4.14. The summed E-state index contributed by atoms with van der Waals surface area (Å²) in [7, 11) is 0. The lowest BCUT2D eigenvalue weighted by atomic mass is 10.2. The molecular formula is C23H18FN5O2S2. The van der Waals surface area contributed by atoms with Crippen LogP contribution in [0.5, 0.6) is 0 Å². The number of fused-ring (bicyclic) bond motifs is 3. The van der Waals surface area contributed by atoms with Crippen molar-refractivity contribution in [3.63, 3.8) is 0 Å². The molecule has 166 valence electrons. The largest absolute Gasteiger partial charge is 0.325 e. The van der Waals surface area contributed by atoms with Gasteiger partial charge in [0.25, 0.3) is 5.56 Å². The van der Waals surface area contributed by atoms with E-state index in [0.717, 1.165) is 5.56 Å². The van der Waals surface area contributed by atoms with E-state index in [9.17, 15) is 14.0 Å². The summed E-state index contributed by atoms with van der Waals surface area (Å²) < 4.78 is 17.8. The third-order valence-electron chi connectivity index (χ3n) is 5.15. The maximum atomic E-state index is 13.8. The van der Waals surface area contributed by atoms with Gasteiger partial charge >= 0.3 is 0 Å². The number of rotatable bonds is 6. The van der Waals surface area contributed by atoms with Gasteiger partial charge < -0.3 is 5.32 Å². The van der Waals surface area contributed by atoms with E-state index < -0.39 is 0 Å². The molecule has 3 aromatic heterocycles. The van der Waals surface area contributed by atoms with Crippen LogP contribution in [0.3, 0.4) is 0 Å². The van der Waals surface area contributed by atoms with Crippen molar-refractivity contribution in [2.24, 2.45) is 0 Å². The molecule has 0 aliphatic rings. The molecule has 0 radical (unpaired) electrons. The number of amides is 1. The van der Waals surface area contributed by atoms with Gasteiger partial charge in [0, 0.05) is 5.69 Å². The molecule has 0 spiro atoms. The van der Waals surface area contributed by atoms with E-state index in [0.29, 0.717) is 38.9 Å². The Morgan fingerprint density at radius 1 is 1.15 bits per heavy atom. The molecule has 2 aromatic carbocycles. The van der Waals surface area contributed by atoms with Crippen LogP contribution in [0.1, 0.15) is 11.1 Å². The van der Waals surface area contributed by atoms with Crippen LogP contribution in [-0.2, 0) is 11.3 Å². The van der Waals surface area contributed by atoms with E-state index in [4.69, 9.17) is 0 Å². The maximum Gasteiger partial charge on any atom is 0.273 e. The molecule has 0 bridgehead atoms. The van der Waals surface area contributed by atoms with Gasteiger partial charge in [-0.2, -0.15) is 0 Å². The van der Waals surface area contributed by atoms with Crippen LogP contribution in [0, 0.1) is 12.7 Å². The van der Waals surface area contributed by atoms with Crippen molar-refractivity contribution in [2.45, 2.75) is 18.6 Å². The molecule has 10 heteroatoms. The van der Waals surface area contributed by atoms with Crippen molar-refractivity contribution < 1.29 is 9.18 Å². The number of hydrogen-bond donors (Lipinski definition) is 1. The summed E-state index contributed by atoms with van der Waals surface area (Å²) in [4.78, 5) is 25.6. The van der Waals surface area contributed by atoms with Crippen LogP contribution in [-0.4, -0.2) is 30.8 Å². The molecule has 33 heavy (non-hydrogen) atoms. The highest BCUT2D eigenvalue weighted by molar-refractivity contribution is 7.99. The number of thiophene rings is 1. The van der Waals surface area contributed by atoms with E-state index in [1.807, 2.05) is 41.8 Å². The highest BCUT2D eigenvalue weighted by Gasteiger charge is 2.19. The van der Waals surface area contributed by atoms with E-state index >= 15 is 0 Å². The second kappa shape index (κ2) is 8.80. The Bertz CT molecular complexity index is 1540. The van der Waals surface area contributed by atoms with Gasteiger partial charge in [0.1, 0.15) is 10.5 Å². The van der Waals surface area contributed by atoms with Crippen molar-refractivity contribution in [3.8, 4) is 0 Å². The fourth-order valence-corrected chi connectivity index (χ4v) is 5.06. The Hall–Kier alpha value is -3.50. The maximum absolute atomic E-state index is 13.8. The standard InChI is InChI=1S/C23H18FN5O2S2/c1-14-7-8-16(11-17(14)24)25-19(30)13-33-23-27-26-22-28(12-15-5-3-2-4-6-15)21(31)20-18(29(22)23)9-10-32-20/h2-11H,12-13H2,1H3,(H,25,30). The van der Waals surface area contributed by atoms with Crippen LogP contribution < -0.4 is 10.9 Å². The van der Waals surface area contributed by atoms with E-state index in [2.05, 4.69) is 15.5 Å². The smallest absolute Gasteiger partial charge is 0.273 e. The minimum atomic E-state index is -0.375. The van der Waals surface area contributed by atoms with Gasteiger partial charge in [-0.05, 0) is 41.6 Å². The summed E-state index contributed by atoms with van der Waals surface area (Å²) in [6.45, 7) is 2.02. The molecule has 0 saturated heterocycles. The van der Waals surface area contributed by atoms with Gasteiger partial charge in [-0.3, -0.25) is 18.6 Å². The molecule has 0 atom stereocenters. The number of carbonyl (C=O) groups excluding carboxylic acids is 1. The number of anilines is 1. The van der Waals surface area contributed by atoms with Gasteiger partial charge in [0.2, 0.25) is 11.7 Å². The molecule has 1 N–H and O–H groups in total. The zero-order chi connectivity index (χ0) is 22.9. The second-order valence-electron chi connectivity index (χ2n) is 7.43. The fraction of sp³-hybridized carbons (Fsp3) is 0.130. The minimum Gasteiger partial charge on any atom is -0.325 e. The third-order valence-corrected chi connectivity index (χ3v) is 6.97. The predicted octanol–water partition coefficient (Wildman–Crippen LogP) is 4.33. The fourth-order valence-electron chi connectivity index (χ4n) is 3.50. The molecule has 0 unspecified atom stereocenters. The Morgan fingerprint density at radius 3 is 2.76 bits per heavy atom. The van der Waals surface area contributed by atoms with Crippen LogP contribution in [0.2, 0.25) is 0 Å². The Labute approximate surface area is 195 Å². The minimum absolute atomic E-state index is 0.0553. The highest BCUT2D eigenvalue weighted by atomic mass is 32.2. The SMILES string of the molecule is Cc1ccc(NC(=O)CSc2nnc3n(Cc4ccccc4)c(=O)c4sccc4n23)cc1F. The second-order valence-corrected chi connectivity index (χ2v) is 9.29. The number of nitrogens with one attached hydrogen (secondary N) is 1. The molecule has 5 aromatic rings. The van der Waals surface area contributed by atoms with Crippen LogP contribution >= 0.6 is 23.1 Å². The van der Waals surface area contributed by atoms with Gasteiger partial charge in [0.15, 0.2) is 5.16 Å². The van der Waals surface area contributed by atoms with E-state index in [-0.39, 0.29) is 23.0 Å². The van der Waals surface area contributed by atoms with Crippen molar-refractivity contribution in [1.82, 2.24) is 19.2 Å². The molecule has 3 heterocycles. The Kier molecular flexibility index (Phi) is 5.69. The number of aryl methyl sites for hydroxylation is 1. The average Bonchev–Trinajstić information content (AvgIpc) is 3.45. The van der Waals surface area contributed by atoms with Gasteiger partial charge in [-0.15, -0.1) is 21.5 Å². The van der Waals surface area contributed by atoms with Gasteiger partial charge in [0.05, 0.1) is 17.8 Å². The van der Waals surface area contributed by atoms with E-state index in [1.165, 1.54) is 29.2 Å². The van der Waals surface area contributed by atoms with Crippen molar-refractivity contribution in [1.29, 1.82) is 0 Å². The topological polar surface area (TPSA) is 81.3 Å². The van der Waals surface area contributed by atoms with Crippen molar-refractivity contribution in [2.75, 3.05) is 11.1 Å². The molecule has 0 fully saturated rings. The zero-order valence-electron chi connectivity index (χ0n) is 17.5. The van der Waals surface area contributed by atoms with Crippen LogP contribution in [0.15, 0.2) is 69.9 Å². The Balaban J connectivity index is 1.45. The quantitative estimate of drug-likeness (QED) is 0.367. The summed E-state index contributed by atoms with van der Waals surface area (Å²) in [5.74, 6) is -0.197. The molecule has 1 amide bonds. The molecule has 0 aliphatic carbocycles. The molecule has 7 nitrogen and oxygen atoms in total.